The molecule has 0 saturated carbocycles. The molecule has 1 rings (SSSR count). The smallest absolute Gasteiger partial charge is 0.172 e. The monoisotopic (exact) mass is 222 g/mol. The molecule has 0 spiro atoms. The molecule has 0 unspecified atom stereocenters. The Morgan fingerprint density at radius 2 is 2.19 bits per heavy atom. The number of aromatic nitrogens is 1. The predicted octanol–water partition coefficient (Wildman–Crippen LogP) is 1.53. The molecule has 0 aliphatic rings. The highest BCUT2D eigenvalue weighted by Crippen LogP contribution is 2.15. The van der Waals surface area contributed by atoms with E-state index in [1.807, 2.05) is 27.1 Å². The van der Waals surface area contributed by atoms with Crippen molar-refractivity contribution >= 4 is 6.29 Å². The van der Waals surface area contributed by atoms with Crippen LogP contribution in [-0.2, 0) is 0 Å². The van der Waals surface area contributed by atoms with E-state index in [4.69, 9.17) is 4.74 Å². The van der Waals surface area contributed by atoms with E-state index in [0.29, 0.717) is 18.1 Å². The summed E-state index contributed by atoms with van der Waals surface area (Å²) in [7, 11) is 4.04. The maximum atomic E-state index is 10.8. The molecule has 4 nitrogen and oxygen atoms in total. The van der Waals surface area contributed by atoms with Crippen molar-refractivity contribution in [3.63, 3.8) is 0 Å². The number of aryl methyl sites for hydroxylation is 1. The van der Waals surface area contributed by atoms with E-state index in [2.05, 4.69) is 9.88 Å². The first kappa shape index (κ1) is 12.6. The number of nitrogens with zero attached hydrogens (tertiary/aromatic N) is 2. The Morgan fingerprint density at radius 1 is 1.44 bits per heavy atom. The maximum Gasteiger partial charge on any atom is 0.172 e. The highest BCUT2D eigenvalue weighted by atomic mass is 16.5. The van der Waals surface area contributed by atoms with E-state index < -0.39 is 0 Å². The van der Waals surface area contributed by atoms with Crippen LogP contribution in [0, 0.1) is 6.92 Å². The topological polar surface area (TPSA) is 42.4 Å². The maximum absolute atomic E-state index is 10.8. The van der Waals surface area contributed by atoms with Crippen molar-refractivity contribution < 1.29 is 9.53 Å². The molecule has 0 N–H and O–H groups in total. The predicted molar refractivity (Wildman–Crippen MR) is 63.0 cm³/mol. The van der Waals surface area contributed by atoms with Gasteiger partial charge < -0.3 is 9.64 Å². The van der Waals surface area contributed by atoms with Crippen LogP contribution in [0.4, 0.5) is 0 Å². The van der Waals surface area contributed by atoms with Gasteiger partial charge in [-0.1, -0.05) is 0 Å². The van der Waals surface area contributed by atoms with E-state index >= 15 is 0 Å². The third-order valence-electron chi connectivity index (χ3n) is 2.14. The van der Waals surface area contributed by atoms with E-state index in [1.165, 1.54) is 0 Å². The van der Waals surface area contributed by atoms with Crippen LogP contribution in [0.1, 0.15) is 22.6 Å². The van der Waals surface area contributed by atoms with Gasteiger partial charge in [0.25, 0.3) is 0 Å². The van der Waals surface area contributed by atoms with Crippen LogP contribution >= 0.6 is 0 Å². The summed E-state index contributed by atoms with van der Waals surface area (Å²) < 4.78 is 5.51. The highest BCUT2D eigenvalue weighted by molar-refractivity contribution is 5.76. The van der Waals surface area contributed by atoms with Gasteiger partial charge in [0.05, 0.1) is 6.61 Å². The van der Waals surface area contributed by atoms with Crippen LogP contribution in [-0.4, -0.2) is 43.4 Å². The number of carbonyl (C=O) groups is 1. The van der Waals surface area contributed by atoms with Gasteiger partial charge in [0.1, 0.15) is 11.4 Å². The normalized spacial score (nSPS) is 10.5. The molecule has 0 aromatic carbocycles. The molecule has 0 atom stereocenters. The first-order chi connectivity index (χ1) is 7.63. The Kier molecular flexibility index (Phi) is 4.92. The van der Waals surface area contributed by atoms with Crippen molar-refractivity contribution in [2.24, 2.45) is 0 Å². The Labute approximate surface area is 96.2 Å². The molecule has 1 aromatic heterocycles. The Balaban J connectivity index is 2.50. The van der Waals surface area contributed by atoms with Crippen LogP contribution in [0.2, 0.25) is 0 Å². The van der Waals surface area contributed by atoms with E-state index in [9.17, 15) is 4.79 Å². The molecule has 16 heavy (non-hydrogen) atoms. The SMILES string of the molecule is Cc1ccc(OCCCN(C)C)c(C=O)n1. The fourth-order valence-corrected chi connectivity index (χ4v) is 1.33. The van der Waals surface area contributed by atoms with Crippen molar-refractivity contribution in [3.05, 3.63) is 23.5 Å². The second-order valence-electron chi connectivity index (χ2n) is 3.96. The lowest BCUT2D eigenvalue weighted by Crippen LogP contribution is -2.15. The molecule has 0 aliphatic carbocycles. The zero-order valence-corrected chi connectivity index (χ0v) is 10.1. The molecular formula is C12H18N2O2. The van der Waals surface area contributed by atoms with Crippen molar-refractivity contribution in [1.82, 2.24) is 9.88 Å². The van der Waals surface area contributed by atoms with Gasteiger partial charge in [-0.15, -0.1) is 0 Å². The minimum absolute atomic E-state index is 0.379. The van der Waals surface area contributed by atoms with Crippen molar-refractivity contribution in [3.8, 4) is 5.75 Å². The molecule has 0 radical (unpaired) electrons. The highest BCUT2D eigenvalue weighted by Gasteiger charge is 2.04. The van der Waals surface area contributed by atoms with Gasteiger partial charge in [-0.05, 0) is 39.6 Å². The van der Waals surface area contributed by atoms with E-state index in [0.717, 1.165) is 24.9 Å². The van der Waals surface area contributed by atoms with Crippen LogP contribution in [0.3, 0.4) is 0 Å². The number of aldehydes is 1. The van der Waals surface area contributed by atoms with Gasteiger partial charge in [-0.2, -0.15) is 0 Å². The van der Waals surface area contributed by atoms with Crippen LogP contribution < -0.4 is 4.74 Å². The quantitative estimate of drug-likeness (QED) is 0.541. The molecule has 88 valence electrons. The van der Waals surface area contributed by atoms with Gasteiger partial charge in [0.2, 0.25) is 0 Å². The number of pyridine rings is 1. The van der Waals surface area contributed by atoms with Crippen LogP contribution in [0.25, 0.3) is 0 Å². The second kappa shape index (κ2) is 6.23. The molecule has 1 heterocycles. The number of carbonyl (C=O) groups excluding carboxylic acids is 1. The first-order valence-electron chi connectivity index (χ1n) is 5.34. The summed E-state index contributed by atoms with van der Waals surface area (Å²) in [6.45, 7) is 3.42. The summed E-state index contributed by atoms with van der Waals surface area (Å²) in [5.74, 6) is 0.569. The van der Waals surface area contributed by atoms with Crippen molar-refractivity contribution in [2.75, 3.05) is 27.2 Å². The lowest BCUT2D eigenvalue weighted by atomic mass is 10.3. The number of rotatable bonds is 6. The summed E-state index contributed by atoms with van der Waals surface area (Å²) in [5.41, 5.74) is 1.20. The fourth-order valence-electron chi connectivity index (χ4n) is 1.33. The molecule has 0 fully saturated rings. The van der Waals surface area contributed by atoms with E-state index in [1.54, 1.807) is 6.07 Å². The third-order valence-corrected chi connectivity index (χ3v) is 2.14. The van der Waals surface area contributed by atoms with Gasteiger partial charge >= 0.3 is 0 Å². The summed E-state index contributed by atoms with van der Waals surface area (Å²) in [6.07, 6.45) is 1.66. The molecule has 1 aromatic rings. The van der Waals surface area contributed by atoms with Gasteiger partial charge in [-0.3, -0.25) is 4.79 Å². The Hall–Kier alpha value is -1.42. The summed E-state index contributed by atoms with van der Waals surface area (Å²) in [4.78, 5) is 17.0. The van der Waals surface area contributed by atoms with E-state index in [-0.39, 0.29) is 0 Å². The van der Waals surface area contributed by atoms with Gasteiger partial charge in [-0.25, -0.2) is 4.98 Å². The van der Waals surface area contributed by atoms with Crippen LogP contribution in [0.5, 0.6) is 5.75 Å². The average molecular weight is 222 g/mol. The largest absolute Gasteiger partial charge is 0.491 e. The molecule has 0 amide bonds. The van der Waals surface area contributed by atoms with Crippen molar-refractivity contribution in [2.45, 2.75) is 13.3 Å². The standard InChI is InChI=1S/C12H18N2O2/c1-10-5-6-12(11(9-15)13-10)16-8-4-7-14(2)3/h5-6,9H,4,7-8H2,1-3H3. The number of hydrogen-bond donors (Lipinski definition) is 0. The second-order valence-corrected chi connectivity index (χ2v) is 3.96. The van der Waals surface area contributed by atoms with Crippen LogP contribution in [0.15, 0.2) is 12.1 Å². The zero-order chi connectivity index (χ0) is 12.0. The Bertz CT molecular complexity index is 351. The molecule has 0 bridgehead atoms. The zero-order valence-electron chi connectivity index (χ0n) is 10.1. The molecule has 4 heteroatoms. The van der Waals surface area contributed by atoms with Gasteiger partial charge in [0, 0.05) is 12.2 Å². The molecule has 0 saturated heterocycles. The Morgan fingerprint density at radius 3 is 2.81 bits per heavy atom. The summed E-state index contributed by atoms with van der Waals surface area (Å²) in [6, 6.07) is 3.63. The lowest BCUT2D eigenvalue weighted by molar-refractivity contribution is 0.111. The summed E-state index contributed by atoms with van der Waals surface area (Å²) in [5, 5.41) is 0. The average Bonchev–Trinajstić information content (AvgIpc) is 2.25. The molecule has 0 aliphatic heterocycles. The third kappa shape index (κ3) is 3.98. The minimum Gasteiger partial charge on any atom is -0.491 e. The number of hydrogen-bond acceptors (Lipinski definition) is 4. The summed E-state index contributed by atoms with van der Waals surface area (Å²) >= 11 is 0. The molecular weight excluding hydrogens is 204 g/mol. The van der Waals surface area contributed by atoms with Gasteiger partial charge in [0.15, 0.2) is 6.29 Å². The first-order valence-corrected chi connectivity index (χ1v) is 5.34. The van der Waals surface area contributed by atoms with Crippen molar-refractivity contribution in [1.29, 1.82) is 0 Å². The fraction of sp³-hybridized carbons (Fsp3) is 0.500. The lowest BCUT2D eigenvalue weighted by Gasteiger charge is -2.11. The number of ether oxygens (including phenoxy) is 1. The minimum atomic E-state index is 0.379.